The van der Waals surface area contributed by atoms with Crippen molar-refractivity contribution in [2.24, 2.45) is 0 Å². The average Bonchev–Trinajstić information content (AvgIpc) is 2.08. The number of carbonyl (C=O) groups is 1. The Labute approximate surface area is 96.8 Å². The first kappa shape index (κ1) is 11.6. The number of carboxylic acids is 1. The highest BCUT2D eigenvalue weighted by atomic mass is 127. The number of hydrogen-bond donors (Lipinski definition) is 2. The van der Waals surface area contributed by atoms with Crippen LogP contribution in [0.25, 0.3) is 0 Å². The molecule has 4 nitrogen and oxygen atoms in total. The van der Waals surface area contributed by atoms with Gasteiger partial charge in [0, 0.05) is 3.57 Å². The second-order valence-electron chi connectivity index (χ2n) is 2.66. The zero-order valence-corrected chi connectivity index (χ0v) is 10.1. The van der Waals surface area contributed by atoms with E-state index in [1.54, 1.807) is 6.92 Å². The number of carboxylic acid groups (broad SMARTS) is 1. The molecule has 6 heteroatoms. The molecule has 0 bridgehead atoms. The zero-order valence-electron chi connectivity index (χ0n) is 7.15. The maximum absolute atomic E-state index is 10.8. The largest absolute Gasteiger partial charge is 0.478 e. The summed E-state index contributed by atoms with van der Waals surface area (Å²) >= 11 is -0.242. The van der Waals surface area contributed by atoms with Crippen LogP contribution < -0.4 is 0 Å². The van der Waals surface area contributed by atoms with Crippen LogP contribution in [0.1, 0.15) is 15.9 Å². The average molecular weight is 326 g/mol. The van der Waals surface area contributed by atoms with Gasteiger partial charge in [-0.3, -0.25) is 0 Å². The predicted molar refractivity (Wildman–Crippen MR) is 59.9 cm³/mol. The number of hydrogen-bond acceptors (Lipinski definition) is 2. The van der Waals surface area contributed by atoms with E-state index in [-0.39, 0.29) is 10.5 Å². The van der Waals surface area contributed by atoms with Crippen LogP contribution in [0.5, 0.6) is 0 Å². The third kappa shape index (κ3) is 2.31. The summed E-state index contributed by atoms with van der Waals surface area (Å²) in [5, 5.41) is 8.81. The molecule has 1 unspecified atom stereocenters. The van der Waals surface area contributed by atoms with E-state index in [1.165, 1.54) is 12.1 Å². The molecule has 1 rings (SSSR count). The molecule has 0 aliphatic heterocycles. The molecule has 1 aromatic carbocycles. The molecule has 2 N–H and O–H groups in total. The Morgan fingerprint density at radius 2 is 2.07 bits per heavy atom. The topological polar surface area (TPSA) is 74.6 Å². The van der Waals surface area contributed by atoms with E-state index >= 15 is 0 Å². The third-order valence-corrected chi connectivity index (χ3v) is 3.73. The summed E-state index contributed by atoms with van der Waals surface area (Å²) in [6, 6.07) is 2.72. The number of halogens is 1. The molecular formula is C8H7IO4S. The Kier molecular flexibility index (Phi) is 3.62. The molecule has 0 saturated heterocycles. The highest BCUT2D eigenvalue weighted by Crippen LogP contribution is 2.20. The Morgan fingerprint density at radius 1 is 1.50 bits per heavy atom. The van der Waals surface area contributed by atoms with Crippen molar-refractivity contribution in [1.29, 1.82) is 0 Å². The first-order valence-electron chi connectivity index (χ1n) is 3.57. The van der Waals surface area contributed by atoms with E-state index in [4.69, 9.17) is 9.66 Å². The normalized spacial score (nSPS) is 12.5. The molecule has 0 saturated carbocycles. The van der Waals surface area contributed by atoms with Crippen molar-refractivity contribution >= 4 is 39.6 Å². The number of benzene rings is 1. The fourth-order valence-corrected chi connectivity index (χ4v) is 2.03. The molecule has 0 fully saturated rings. The van der Waals surface area contributed by atoms with Gasteiger partial charge >= 0.3 is 5.97 Å². The van der Waals surface area contributed by atoms with Gasteiger partial charge in [0.2, 0.25) is 0 Å². The standard InChI is InChI=1S/C8H7IO4S/c1-4-2-5(14(12)13)3-6(7(4)9)8(10)11/h2-3H,1H3,(H,10,11)(H,12,13). The van der Waals surface area contributed by atoms with Crippen LogP contribution in [0.15, 0.2) is 17.0 Å². The van der Waals surface area contributed by atoms with Crippen LogP contribution >= 0.6 is 22.6 Å². The fourth-order valence-electron chi connectivity index (χ4n) is 0.993. The van der Waals surface area contributed by atoms with Crippen molar-refractivity contribution in [2.75, 3.05) is 0 Å². The van der Waals surface area contributed by atoms with Crippen molar-refractivity contribution in [1.82, 2.24) is 0 Å². The first-order chi connectivity index (χ1) is 6.43. The molecule has 0 aromatic heterocycles. The summed E-state index contributed by atoms with van der Waals surface area (Å²) in [6.45, 7) is 1.70. The van der Waals surface area contributed by atoms with Crippen molar-refractivity contribution in [3.05, 3.63) is 26.8 Å². The van der Waals surface area contributed by atoms with Gasteiger partial charge in [0.05, 0.1) is 10.5 Å². The second kappa shape index (κ2) is 4.37. The molecule has 0 radical (unpaired) electrons. The van der Waals surface area contributed by atoms with Gasteiger partial charge in [-0.2, -0.15) is 0 Å². The summed E-state index contributed by atoms with van der Waals surface area (Å²) < 4.78 is 20.2. The fraction of sp³-hybridized carbons (Fsp3) is 0.125. The van der Waals surface area contributed by atoms with Crippen molar-refractivity contribution in [3.8, 4) is 0 Å². The molecule has 14 heavy (non-hydrogen) atoms. The number of aromatic carboxylic acids is 1. The zero-order chi connectivity index (χ0) is 10.9. The summed E-state index contributed by atoms with van der Waals surface area (Å²) in [7, 11) is 0. The third-order valence-electron chi connectivity index (χ3n) is 1.66. The van der Waals surface area contributed by atoms with Crippen LogP contribution in [0.3, 0.4) is 0 Å². The number of aryl methyl sites for hydroxylation is 1. The molecule has 0 aliphatic carbocycles. The van der Waals surface area contributed by atoms with Crippen LogP contribution in [0.2, 0.25) is 0 Å². The van der Waals surface area contributed by atoms with E-state index in [0.29, 0.717) is 9.13 Å². The lowest BCUT2D eigenvalue weighted by molar-refractivity contribution is 0.0695. The predicted octanol–water partition coefficient (Wildman–Crippen LogP) is 1.88. The van der Waals surface area contributed by atoms with Gasteiger partial charge in [-0.15, -0.1) is 0 Å². The molecule has 0 spiro atoms. The molecular weight excluding hydrogens is 319 g/mol. The van der Waals surface area contributed by atoms with Gasteiger partial charge in [0.1, 0.15) is 0 Å². The van der Waals surface area contributed by atoms with Gasteiger partial charge in [0.25, 0.3) is 0 Å². The molecule has 0 aliphatic rings. The first-order valence-corrected chi connectivity index (χ1v) is 5.76. The minimum absolute atomic E-state index is 0.0583. The summed E-state index contributed by atoms with van der Waals surface area (Å²) in [6.07, 6.45) is 0. The maximum atomic E-state index is 10.8. The van der Waals surface area contributed by atoms with E-state index in [9.17, 15) is 9.00 Å². The lowest BCUT2D eigenvalue weighted by Crippen LogP contribution is -2.03. The SMILES string of the molecule is Cc1cc(S(=O)O)cc(C(=O)O)c1I. The smallest absolute Gasteiger partial charge is 0.336 e. The van der Waals surface area contributed by atoms with Crippen LogP contribution in [0.4, 0.5) is 0 Å². The second-order valence-corrected chi connectivity index (χ2v) is 4.70. The van der Waals surface area contributed by atoms with Crippen LogP contribution in [-0.4, -0.2) is 19.8 Å². The van der Waals surface area contributed by atoms with E-state index < -0.39 is 17.0 Å². The molecule has 0 amide bonds. The minimum atomic E-state index is -2.14. The Morgan fingerprint density at radius 3 is 2.50 bits per heavy atom. The van der Waals surface area contributed by atoms with Crippen molar-refractivity contribution in [3.63, 3.8) is 0 Å². The highest BCUT2D eigenvalue weighted by molar-refractivity contribution is 14.1. The Balaban J connectivity index is 3.43. The van der Waals surface area contributed by atoms with Gasteiger partial charge < -0.3 is 9.66 Å². The highest BCUT2D eigenvalue weighted by Gasteiger charge is 2.13. The van der Waals surface area contributed by atoms with Crippen LogP contribution in [0, 0.1) is 10.5 Å². The van der Waals surface area contributed by atoms with Crippen LogP contribution in [-0.2, 0) is 11.1 Å². The van der Waals surface area contributed by atoms with Crippen molar-refractivity contribution in [2.45, 2.75) is 11.8 Å². The molecule has 0 heterocycles. The molecule has 1 aromatic rings. The van der Waals surface area contributed by atoms with E-state index in [2.05, 4.69) is 0 Å². The monoisotopic (exact) mass is 326 g/mol. The van der Waals surface area contributed by atoms with Gasteiger partial charge in [-0.25, -0.2) is 9.00 Å². The Hall–Kier alpha value is -0.470. The van der Waals surface area contributed by atoms with Gasteiger partial charge in [-0.1, -0.05) is 0 Å². The maximum Gasteiger partial charge on any atom is 0.336 e. The molecule has 1 atom stereocenters. The van der Waals surface area contributed by atoms with Gasteiger partial charge in [0.15, 0.2) is 11.1 Å². The lowest BCUT2D eigenvalue weighted by Gasteiger charge is -2.05. The van der Waals surface area contributed by atoms with E-state index in [1.807, 2.05) is 22.6 Å². The molecule has 76 valence electrons. The summed E-state index contributed by atoms with van der Waals surface area (Å²) in [4.78, 5) is 10.9. The van der Waals surface area contributed by atoms with Crippen molar-refractivity contribution < 1.29 is 18.7 Å². The Bertz CT molecular complexity index is 416. The minimum Gasteiger partial charge on any atom is -0.478 e. The van der Waals surface area contributed by atoms with Gasteiger partial charge in [-0.05, 0) is 47.2 Å². The summed E-state index contributed by atoms with van der Waals surface area (Å²) in [5.41, 5.74) is 0.742. The number of rotatable bonds is 2. The summed E-state index contributed by atoms with van der Waals surface area (Å²) in [5.74, 6) is -1.09. The quantitative estimate of drug-likeness (QED) is 0.643. The lowest BCUT2D eigenvalue weighted by atomic mass is 10.1. The van der Waals surface area contributed by atoms with E-state index in [0.717, 1.165) is 0 Å².